The van der Waals surface area contributed by atoms with Gasteiger partial charge in [0.2, 0.25) is 0 Å². The van der Waals surface area contributed by atoms with Gasteiger partial charge in [-0.25, -0.2) is 0 Å². The molecule has 3 rings (SSSR count). The Morgan fingerprint density at radius 3 is 2.35 bits per heavy atom. The zero-order valence-corrected chi connectivity index (χ0v) is 10.9. The topological polar surface area (TPSA) is 30.5 Å². The lowest BCUT2D eigenvalue weighted by Crippen LogP contribution is -2.44. The molecule has 1 heterocycles. The monoisotopic (exact) mass is 239 g/mol. The van der Waals surface area contributed by atoms with Gasteiger partial charge in [0.25, 0.3) is 0 Å². The summed E-state index contributed by atoms with van der Waals surface area (Å²) in [7, 11) is 0. The molecule has 0 bridgehead atoms. The predicted molar refractivity (Wildman–Crippen MR) is 66.8 cm³/mol. The zero-order chi connectivity index (χ0) is 11.7. The number of nitrogens with one attached hydrogen (secondary N) is 1. The third-order valence-corrected chi connectivity index (χ3v) is 4.46. The first-order valence-corrected chi connectivity index (χ1v) is 7.30. The molecule has 0 amide bonds. The first-order valence-electron chi connectivity index (χ1n) is 7.30. The highest BCUT2D eigenvalue weighted by atomic mass is 16.7. The van der Waals surface area contributed by atoms with Crippen molar-refractivity contribution < 1.29 is 9.47 Å². The molecular weight excluding hydrogens is 214 g/mol. The molecule has 3 aliphatic rings. The Morgan fingerprint density at radius 1 is 1.12 bits per heavy atom. The Balaban J connectivity index is 1.41. The largest absolute Gasteiger partial charge is 0.348 e. The summed E-state index contributed by atoms with van der Waals surface area (Å²) < 4.78 is 11.5. The van der Waals surface area contributed by atoms with Crippen molar-refractivity contribution in [3.8, 4) is 0 Å². The van der Waals surface area contributed by atoms with Crippen molar-refractivity contribution in [3.63, 3.8) is 0 Å². The summed E-state index contributed by atoms with van der Waals surface area (Å²) in [6.07, 6.45) is 8.84. The second-order valence-electron chi connectivity index (χ2n) is 6.13. The Hall–Kier alpha value is -0.120. The first-order chi connectivity index (χ1) is 8.26. The second-order valence-corrected chi connectivity index (χ2v) is 6.13. The molecule has 1 saturated heterocycles. The summed E-state index contributed by atoms with van der Waals surface area (Å²) >= 11 is 0. The molecule has 3 heteroatoms. The van der Waals surface area contributed by atoms with E-state index in [1.807, 2.05) is 0 Å². The van der Waals surface area contributed by atoms with E-state index in [0.29, 0.717) is 12.1 Å². The Labute approximate surface area is 104 Å². The average Bonchev–Trinajstić information content (AvgIpc) is 3.01. The first kappa shape index (κ1) is 11.9. The van der Waals surface area contributed by atoms with Crippen LogP contribution in [-0.2, 0) is 9.47 Å². The number of hydrogen-bond acceptors (Lipinski definition) is 3. The van der Waals surface area contributed by atoms with Crippen molar-refractivity contribution in [2.45, 2.75) is 69.7 Å². The van der Waals surface area contributed by atoms with Gasteiger partial charge in [-0.15, -0.1) is 0 Å². The highest BCUT2D eigenvalue weighted by molar-refractivity contribution is 4.87. The molecule has 1 atom stereocenters. The van der Waals surface area contributed by atoms with Crippen LogP contribution in [0.3, 0.4) is 0 Å². The van der Waals surface area contributed by atoms with Crippen LogP contribution in [0.1, 0.15) is 51.9 Å². The summed E-state index contributed by atoms with van der Waals surface area (Å²) in [6.45, 7) is 3.91. The second kappa shape index (κ2) is 4.87. The lowest BCUT2D eigenvalue weighted by atomic mass is 9.89. The van der Waals surface area contributed by atoms with Gasteiger partial charge in [0.1, 0.15) is 0 Å². The van der Waals surface area contributed by atoms with Crippen molar-refractivity contribution in [1.82, 2.24) is 5.32 Å². The van der Waals surface area contributed by atoms with E-state index in [0.717, 1.165) is 32.0 Å². The van der Waals surface area contributed by atoms with Crippen LogP contribution in [-0.4, -0.2) is 31.1 Å². The van der Waals surface area contributed by atoms with Gasteiger partial charge in [-0.3, -0.25) is 0 Å². The van der Waals surface area contributed by atoms with E-state index in [1.54, 1.807) is 0 Å². The number of rotatable bonds is 4. The predicted octanol–water partition coefficient (Wildman–Crippen LogP) is 2.45. The van der Waals surface area contributed by atoms with E-state index in [1.165, 1.54) is 32.1 Å². The molecule has 1 spiro atoms. The van der Waals surface area contributed by atoms with Crippen LogP contribution in [0.2, 0.25) is 0 Å². The summed E-state index contributed by atoms with van der Waals surface area (Å²) in [4.78, 5) is 0. The van der Waals surface area contributed by atoms with E-state index in [2.05, 4.69) is 12.2 Å². The van der Waals surface area contributed by atoms with Crippen LogP contribution in [0.5, 0.6) is 0 Å². The zero-order valence-electron chi connectivity index (χ0n) is 10.9. The summed E-state index contributed by atoms with van der Waals surface area (Å²) in [6, 6.07) is 1.37. The van der Waals surface area contributed by atoms with Gasteiger partial charge < -0.3 is 14.8 Å². The molecule has 0 aromatic carbocycles. The smallest absolute Gasteiger partial charge is 0.168 e. The molecule has 3 fully saturated rings. The lowest BCUT2D eigenvalue weighted by molar-refractivity contribution is -0.179. The lowest BCUT2D eigenvalue weighted by Gasteiger charge is -2.36. The van der Waals surface area contributed by atoms with E-state index in [-0.39, 0.29) is 5.79 Å². The van der Waals surface area contributed by atoms with Gasteiger partial charge in [0, 0.05) is 24.9 Å². The van der Waals surface area contributed by atoms with Crippen LogP contribution < -0.4 is 5.32 Å². The van der Waals surface area contributed by atoms with Crippen LogP contribution >= 0.6 is 0 Å². The molecule has 1 aliphatic heterocycles. The Morgan fingerprint density at radius 2 is 1.76 bits per heavy atom. The van der Waals surface area contributed by atoms with E-state index >= 15 is 0 Å². The maximum Gasteiger partial charge on any atom is 0.168 e. The van der Waals surface area contributed by atoms with E-state index in [9.17, 15) is 0 Å². The maximum atomic E-state index is 5.76. The highest BCUT2D eigenvalue weighted by Gasteiger charge is 2.40. The minimum atomic E-state index is -0.197. The molecule has 17 heavy (non-hydrogen) atoms. The fraction of sp³-hybridized carbons (Fsp3) is 1.00. The Kier molecular flexibility index (Phi) is 3.42. The van der Waals surface area contributed by atoms with Crippen molar-refractivity contribution in [3.05, 3.63) is 0 Å². The molecule has 1 unspecified atom stereocenters. The maximum absolute atomic E-state index is 5.76. The molecule has 0 radical (unpaired) electrons. The fourth-order valence-electron chi connectivity index (χ4n) is 3.33. The minimum absolute atomic E-state index is 0.197. The highest BCUT2D eigenvalue weighted by Crippen LogP contribution is 2.37. The standard InChI is InChI=1S/C14H25NO2/c1-11(10-12-2-3-12)15-13-4-6-14(7-5-13)16-8-9-17-14/h11-13,15H,2-10H2,1H3. The molecule has 2 aliphatic carbocycles. The van der Waals surface area contributed by atoms with Crippen LogP contribution in [0.4, 0.5) is 0 Å². The van der Waals surface area contributed by atoms with Crippen molar-refractivity contribution in [1.29, 1.82) is 0 Å². The van der Waals surface area contributed by atoms with E-state index < -0.39 is 0 Å². The van der Waals surface area contributed by atoms with Gasteiger partial charge in [-0.2, -0.15) is 0 Å². The molecular formula is C14H25NO2. The molecule has 3 nitrogen and oxygen atoms in total. The normalized spacial score (nSPS) is 30.9. The van der Waals surface area contributed by atoms with Crippen LogP contribution in [0.15, 0.2) is 0 Å². The number of ether oxygens (including phenoxy) is 2. The molecule has 0 aromatic heterocycles. The SMILES string of the molecule is CC(CC1CC1)NC1CCC2(CC1)OCCO2. The fourth-order valence-corrected chi connectivity index (χ4v) is 3.33. The third kappa shape index (κ3) is 3.01. The summed E-state index contributed by atoms with van der Waals surface area (Å²) in [5, 5.41) is 3.79. The average molecular weight is 239 g/mol. The Bertz CT molecular complexity index is 249. The van der Waals surface area contributed by atoms with Crippen molar-refractivity contribution in [2.24, 2.45) is 5.92 Å². The van der Waals surface area contributed by atoms with Crippen molar-refractivity contribution >= 4 is 0 Å². The van der Waals surface area contributed by atoms with Gasteiger partial charge in [-0.05, 0) is 32.1 Å². The van der Waals surface area contributed by atoms with Gasteiger partial charge in [0.15, 0.2) is 5.79 Å². The quantitative estimate of drug-likeness (QED) is 0.817. The molecule has 0 aromatic rings. The van der Waals surface area contributed by atoms with Gasteiger partial charge in [-0.1, -0.05) is 12.8 Å². The van der Waals surface area contributed by atoms with Gasteiger partial charge >= 0.3 is 0 Å². The van der Waals surface area contributed by atoms with Crippen molar-refractivity contribution in [2.75, 3.05) is 13.2 Å². The van der Waals surface area contributed by atoms with E-state index in [4.69, 9.17) is 9.47 Å². The summed E-state index contributed by atoms with van der Waals surface area (Å²) in [5.74, 6) is 0.826. The van der Waals surface area contributed by atoms with Gasteiger partial charge in [0.05, 0.1) is 13.2 Å². The minimum Gasteiger partial charge on any atom is -0.348 e. The molecule has 98 valence electrons. The third-order valence-electron chi connectivity index (χ3n) is 4.46. The van der Waals surface area contributed by atoms with Crippen LogP contribution in [0, 0.1) is 5.92 Å². The number of hydrogen-bond donors (Lipinski definition) is 1. The molecule has 2 saturated carbocycles. The summed E-state index contributed by atoms with van der Waals surface area (Å²) in [5.41, 5.74) is 0. The molecule has 1 N–H and O–H groups in total. The van der Waals surface area contributed by atoms with Crippen LogP contribution in [0.25, 0.3) is 0 Å².